The Hall–Kier alpha value is 0.0700. The minimum atomic E-state index is -2.91. The zero-order chi connectivity index (χ0) is 12.7. The molecule has 0 radical (unpaired) electrons. The van der Waals surface area contributed by atoms with E-state index in [1.807, 2.05) is 0 Å². The summed E-state index contributed by atoms with van der Waals surface area (Å²) in [7, 11) is 6.33. The highest BCUT2D eigenvalue weighted by Gasteiger charge is 2.23. The number of methoxy groups -OCH3 is 1. The van der Waals surface area contributed by atoms with Crippen molar-refractivity contribution in [2.24, 2.45) is 0 Å². The maximum Gasteiger partial charge on any atom is 0.330 e. The molecular formula is C10H25NO4P+. The van der Waals surface area contributed by atoms with Crippen LogP contribution in [0.4, 0.5) is 0 Å². The second kappa shape index (κ2) is 7.41. The third-order valence-corrected chi connectivity index (χ3v) is 4.10. The van der Waals surface area contributed by atoms with Crippen molar-refractivity contribution >= 4 is 7.60 Å². The molecule has 0 saturated carbocycles. The fraction of sp³-hybridized carbons (Fsp3) is 1.00. The summed E-state index contributed by atoms with van der Waals surface area (Å²) in [4.78, 5) is 0. The van der Waals surface area contributed by atoms with E-state index in [-0.39, 0.29) is 0 Å². The molecule has 0 aromatic carbocycles. The third-order valence-electron chi connectivity index (χ3n) is 2.11. The molecule has 1 unspecified atom stereocenters. The van der Waals surface area contributed by atoms with Gasteiger partial charge in [-0.15, -0.1) is 0 Å². The van der Waals surface area contributed by atoms with Crippen LogP contribution in [0.3, 0.4) is 0 Å². The fourth-order valence-corrected chi connectivity index (χ4v) is 2.36. The van der Waals surface area contributed by atoms with Gasteiger partial charge < -0.3 is 18.3 Å². The highest BCUT2D eigenvalue weighted by molar-refractivity contribution is 7.53. The van der Waals surface area contributed by atoms with E-state index in [1.165, 1.54) is 7.11 Å². The minimum Gasteiger partial charge on any atom is -0.385 e. The molecule has 0 aromatic heterocycles. The predicted molar refractivity (Wildman–Crippen MR) is 64.8 cm³/mol. The number of quaternary nitrogens is 1. The number of rotatable bonds is 9. The fourth-order valence-electron chi connectivity index (χ4n) is 1.06. The SMILES string of the molecule is COCCCP(=O)(OC)OCC[N+](C)(C)C. The van der Waals surface area contributed by atoms with E-state index < -0.39 is 7.60 Å². The molecule has 0 fully saturated rings. The quantitative estimate of drug-likeness (QED) is 0.356. The van der Waals surface area contributed by atoms with Crippen LogP contribution < -0.4 is 0 Å². The molecule has 0 aliphatic carbocycles. The summed E-state index contributed by atoms with van der Waals surface area (Å²) < 4.78 is 28.1. The van der Waals surface area contributed by atoms with Crippen LogP contribution in [0.25, 0.3) is 0 Å². The number of nitrogens with zero attached hydrogens (tertiary/aromatic N) is 1. The van der Waals surface area contributed by atoms with Gasteiger partial charge in [-0.25, -0.2) is 0 Å². The predicted octanol–water partition coefficient (Wildman–Crippen LogP) is 1.59. The first-order valence-electron chi connectivity index (χ1n) is 5.42. The summed E-state index contributed by atoms with van der Waals surface area (Å²) in [6.07, 6.45) is 1.10. The van der Waals surface area contributed by atoms with Gasteiger partial charge in [-0.2, -0.15) is 0 Å². The smallest absolute Gasteiger partial charge is 0.330 e. The topological polar surface area (TPSA) is 44.8 Å². The number of hydrogen-bond acceptors (Lipinski definition) is 4. The lowest BCUT2D eigenvalue weighted by atomic mass is 10.5. The summed E-state index contributed by atoms with van der Waals surface area (Å²) >= 11 is 0. The van der Waals surface area contributed by atoms with E-state index in [0.717, 1.165) is 11.0 Å². The molecule has 0 N–H and O–H groups in total. The molecule has 0 amide bonds. The summed E-state index contributed by atoms with van der Waals surface area (Å²) in [6.45, 7) is 1.82. The summed E-state index contributed by atoms with van der Waals surface area (Å²) in [5.41, 5.74) is 0. The van der Waals surface area contributed by atoms with Gasteiger partial charge in [0.15, 0.2) is 0 Å². The second-order valence-corrected chi connectivity index (χ2v) is 7.00. The standard InChI is InChI=1S/C10H25NO4P/c1-11(2,3)7-9-15-16(12,14-5)10-6-8-13-4/h6-10H2,1-5H3/q+1. The van der Waals surface area contributed by atoms with Crippen LogP contribution >= 0.6 is 7.60 Å². The molecular weight excluding hydrogens is 229 g/mol. The second-order valence-electron chi connectivity index (χ2n) is 4.71. The molecule has 0 bridgehead atoms. The maximum atomic E-state index is 12.0. The van der Waals surface area contributed by atoms with E-state index in [2.05, 4.69) is 21.1 Å². The van der Waals surface area contributed by atoms with Crippen molar-refractivity contribution < 1.29 is 22.8 Å². The van der Waals surface area contributed by atoms with E-state index >= 15 is 0 Å². The van der Waals surface area contributed by atoms with Gasteiger partial charge in [-0.1, -0.05) is 0 Å². The highest BCUT2D eigenvalue weighted by atomic mass is 31.2. The Balaban J connectivity index is 3.92. The van der Waals surface area contributed by atoms with Gasteiger partial charge in [0.05, 0.1) is 27.3 Å². The zero-order valence-electron chi connectivity index (χ0n) is 11.1. The number of ether oxygens (including phenoxy) is 1. The largest absolute Gasteiger partial charge is 0.385 e. The van der Waals surface area contributed by atoms with Crippen LogP contribution in [0.2, 0.25) is 0 Å². The van der Waals surface area contributed by atoms with Gasteiger partial charge >= 0.3 is 7.60 Å². The first-order valence-corrected chi connectivity index (χ1v) is 7.14. The Kier molecular flexibility index (Phi) is 7.44. The zero-order valence-corrected chi connectivity index (χ0v) is 12.0. The van der Waals surface area contributed by atoms with Crippen molar-refractivity contribution in [2.45, 2.75) is 6.42 Å². The lowest BCUT2D eigenvalue weighted by molar-refractivity contribution is -0.870. The summed E-state index contributed by atoms with van der Waals surface area (Å²) in [5.74, 6) is 0. The monoisotopic (exact) mass is 254 g/mol. The molecule has 0 aliphatic heterocycles. The Bertz CT molecular complexity index is 227. The van der Waals surface area contributed by atoms with Crippen molar-refractivity contribution in [3.8, 4) is 0 Å². The van der Waals surface area contributed by atoms with Crippen LogP contribution in [-0.4, -0.2) is 65.8 Å². The first-order chi connectivity index (χ1) is 7.33. The van der Waals surface area contributed by atoms with Crippen molar-refractivity contribution in [3.63, 3.8) is 0 Å². The normalized spacial score (nSPS) is 16.1. The number of likely N-dealkylation sites (N-methyl/N-ethyl adjacent to an activating group) is 1. The van der Waals surface area contributed by atoms with Crippen LogP contribution in [-0.2, 0) is 18.3 Å². The summed E-state index contributed by atoms with van der Waals surface area (Å²) in [5, 5.41) is 0. The average molecular weight is 254 g/mol. The molecule has 98 valence electrons. The van der Waals surface area contributed by atoms with Crippen molar-refractivity contribution in [2.75, 3.05) is 61.3 Å². The molecule has 0 spiro atoms. The van der Waals surface area contributed by atoms with Gasteiger partial charge in [0.25, 0.3) is 0 Å². The lowest BCUT2D eigenvalue weighted by Gasteiger charge is -2.25. The van der Waals surface area contributed by atoms with Crippen molar-refractivity contribution in [1.29, 1.82) is 0 Å². The molecule has 5 nitrogen and oxygen atoms in total. The van der Waals surface area contributed by atoms with E-state index in [4.69, 9.17) is 13.8 Å². The van der Waals surface area contributed by atoms with Gasteiger partial charge in [0.1, 0.15) is 13.2 Å². The van der Waals surface area contributed by atoms with Crippen LogP contribution in [0, 0.1) is 0 Å². The molecule has 16 heavy (non-hydrogen) atoms. The Morgan fingerprint density at radius 3 is 2.19 bits per heavy atom. The molecule has 6 heteroatoms. The van der Waals surface area contributed by atoms with Crippen molar-refractivity contribution in [3.05, 3.63) is 0 Å². The molecule has 0 aliphatic rings. The number of hydrogen-bond donors (Lipinski definition) is 0. The average Bonchev–Trinajstić information content (AvgIpc) is 2.16. The van der Waals surface area contributed by atoms with Crippen LogP contribution in [0.1, 0.15) is 6.42 Å². The van der Waals surface area contributed by atoms with Gasteiger partial charge in [0, 0.05) is 20.8 Å². The Morgan fingerprint density at radius 1 is 1.12 bits per heavy atom. The molecule has 0 saturated heterocycles. The first kappa shape index (κ1) is 16.1. The summed E-state index contributed by atoms with van der Waals surface area (Å²) in [6, 6.07) is 0. The Morgan fingerprint density at radius 2 is 1.75 bits per heavy atom. The highest BCUT2D eigenvalue weighted by Crippen LogP contribution is 2.47. The minimum absolute atomic E-state index is 0.411. The van der Waals surface area contributed by atoms with Crippen molar-refractivity contribution in [1.82, 2.24) is 0 Å². The van der Waals surface area contributed by atoms with Crippen LogP contribution in [0.5, 0.6) is 0 Å². The molecule has 0 heterocycles. The lowest BCUT2D eigenvalue weighted by Crippen LogP contribution is -2.37. The molecule has 0 rings (SSSR count). The van der Waals surface area contributed by atoms with E-state index in [1.54, 1.807) is 7.11 Å². The molecule has 0 aromatic rings. The third kappa shape index (κ3) is 8.25. The van der Waals surface area contributed by atoms with Crippen LogP contribution in [0.15, 0.2) is 0 Å². The molecule has 1 atom stereocenters. The maximum absolute atomic E-state index is 12.0. The van der Waals surface area contributed by atoms with E-state index in [9.17, 15) is 4.57 Å². The van der Waals surface area contributed by atoms with E-state index in [0.29, 0.717) is 25.8 Å². The van der Waals surface area contributed by atoms with Gasteiger partial charge in [-0.05, 0) is 6.42 Å². The van der Waals surface area contributed by atoms with Gasteiger partial charge in [-0.3, -0.25) is 4.57 Å². The van der Waals surface area contributed by atoms with Gasteiger partial charge in [0.2, 0.25) is 0 Å². The Labute approximate surface area is 98.8 Å².